The van der Waals surface area contributed by atoms with Crippen molar-refractivity contribution in [3.8, 4) is 0 Å². The lowest BCUT2D eigenvalue weighted by atomic mass is 10.2. The van der Waals surface area contributed by atoms with Gasteiger partial charge in [0.2, 0.25) is 5.91 Å². The van der Waals surface area contributed by atoms with Crippen molar-refractivity contribution in [1.29, 1.82) is 0 Å². The third-order valence-corrected chi connectivity index (χ3v) is 2.30. The number of amides is 1. The molecule has 100 valence electrons. The molecule has 0 bridgehead atoms. The molecule has 2 aromatic heterocycles. The third kappa shape index (κ3) is 2.72. The molecule has 2 N–H and O–H groups in total. The lowest BCUT2D eigenvalue weighted by molar-refractivity contribution is -0.141. The number of carbonyl (C=O) groups excluding carboxylic acids is 1. The number of nitrogens with one attached hydrogen (secondary N) is 2. The highest BCUT2D eigenvalue weighted by Crippen LogP contribution is 2.27. The number of anilines is 1. The summed E-state index contributed by atoms with van der Waals surface area (Å²) in [6.07, 6.45) is -4.67. The van der Waals surface area contributed by atoms with Gasteiger partial charge in [-0.15, -0.1) is 0 Å². The van der Waals surface area contributed by atoms with E-state index in [4.69, 9.17) is 0 Å². The Labute approximate surface area is 104 Å². The summed E-state index contributed by atoms with van der Waals surface area (Å²) < 4.78 is 37.6. The molecule has 0 aliphatic carbocycles. The van der Waals surface area contributed by atoms with Crippen LogP contribution >= 0.6 is 0 Å². The minimum absolute atomic E-state index is 0.0158. The first kappa shape index (κ1) is 13.1. The van der Waals surface area contributed by atoms with Gasteiger partial charge in [0.25, 0.3) is 0 Å². The Hall–Kier alpha value is -2.38. The SMILES string of the molecule is CC(=O)Nc1ccc2c(=O)cc(C(F)(F)F)[nH]c2n1. The molecule has 0 saturated heterocycles. The number of halogens is 3. The number of fused-ring (bicyclic) bond motifs is 1. The smallest absolute Gasteiger partial charge is 0.335 e. The van der Waals surface area contributed by atoms with E-state index in [0.717, 1.165) is 0 Å². The van der Waals surface area contributed by atoms with Gasteiger partial charge in [0.05, 0.1) is 5.39 Å². The Balaban J connectivity index is 2.63. The first-order valence-corrected chi connectivity index (χ1v) is 5.16. The van der Waals surface area contributed by atoms with Crippen LogP contribution in [0.3, 0.4) is 0 Å². The van der Waals surface area contributed by atoms with E-state index in [9.17, 15) is 22.8 Å². The average Bonchev–Trinajstić information content (AvgIpc) is 2.26. The summed E-state index contributed by atoms with van der Waals surface area (Å²) in [4.78, 5) is 28.2. The van der Waals surface area contributed by atoms with Crippen LogP contribution in [0.1, 0.15) is 12.6 Å². The molecule has 0 fully saturated rings. The Kier molecular flexibility index (Phi) is 3.01. The normalized spacial score (nSPS) is 11.6. The van der Waals surface area contributed by atoms with E-state index in [1.54, 1.807) is 0 Å². The number of rotatable bonds is 1. The van der Waals surface area contributed by atoms with E-state index >= 15 is 0 Å². The van der Waals surface area contributed by atoms with Crippen molar-refractivity contribution in [1.82, 2.24) is 9.97 Å². The minimum Gasteiger partial charge on any atom is -0.335 e. The van der Waals surface area contributed by atoms with Gasteiger partial charge < -0.3 is 10.3 Å². The van der Waals surface area contributed by atoms with Gasteiger partial charge in [-0.25, -0.2) is 4.98 Å². The van der Waals surface area contributed by atoms with Crippen LogP contribution in [0.4, 0.5) is 19.0 Å². The highest BCUT2D eigenvalue weighted by atomic mass is 19.4. The number of aromatic amines is 1. The number of H-pyrrole nitrogens is 1. The van der Waals surface area contributed by atoms with Crippen molar-refractivity contribution < 1.29 is 18.0 Å². The van der Waals surface area contributed by atoms with Crippen molar-refractivity contribution in [2.45, 2.75) is 13.1 Å². The molecule has 5 nitrogen and oxygen atoms in total. The lowest BCUT2D eigenvalue weighted by Crippen LogP contribution is -2.15. The second kappa shape index (κ2) is 4.38. The average molecular weight is 271 g/mol. The Morgan fingerprint density at radius 1 is 1.37 bits per heavy atom. The topological polar surface area (TPSA) is 74.8 Å². The monoisotopic (exact) mass is 271 g/mol. The predicted octanol–water partition coefficient (Wildman–Crippen LogP) is 1.90. The highest BCUT2D eigenvalue weighted by Gasteiger charge is 2.32. The zero-order chi connectivity index (χ0) is 14.2. The zero-order valence-electron chi connectivity index (χ0n) is 9.63. The van der Waals surface area contributed by atoms with E-state index in [1.165, 1.54) is 19.1 Å². The van der Waals surface area contributed by atoms with Gasteiger partial charge in [-0.05, 0) is 12.1 Å². The molecule has 2 aromatic rings. The fourth-order valence-corrected chi connectivity index (χ4v) is 1.53. The second-order valence-corrected chi connectivity index (χ2v) is 3.82. The molecule has 0 aliphatic rings. The number of aromatic nitrogens is 2. The molecule has 0 radical (unpaired) electrons. The van der Waals surface area contributed by atoms with Gasteiger partial charge in [0, 0.05) is 13.0 Å². The fraction of sp³-hybridized carbons (Fsp3) is 0.182. The van der Waals surface area contributed by atoms with Crippen molar-refractivity contribution in [2.75, 3.05) is 5.32 Å². The number of hydrogen-bond acceptors (Lipinski definition) is 3. The zero-order valence-corrected chi connectivity index (χ0v) is 9.63. The summed E-state index contributed by atoms with van der Waals surface area (Å²) in [5.74, 6) is -0.351. The molecule has 8 heteroatoms. The molecule has 0 aliphatic heterocycles. The Morgan fingerprint density at radius 3 is 2.63 bits per heavy atom. The summed E-state index contributed by atoms with van der Waals surface area (Å²) in [7, 11) is 0. The van der Waals surface area contributed by atoms with Crippen molar-refractivity contribution in [3.63, 3.8) is 0 Å². The molecular weight excluding hydrogens is 263 g/mol. The fourth-order valence-electron chi connectivity index (χ4n) is 1.53. The highest BCUT2D eigenvalue weighted by molar-refractivity contribution is 5.89. The number of hydrogen-bond donors (Lipinski definition) is 2. The first-order valence-electron chi connectivity index (χ1n) is 5.16. The predicted molar refractivity (Wildman–Crippen MR) is 61.7 cm³/mol. The van der Waals surface area contributed by atoms with E-state index < -0.39 is 23.2 Å². The van der Waals surface area contributed by atoms with E-state index in [0.29, 0.717) is 6.07 Å². The van der Waals surface area contributed by atoms with Crippen LogP contribution in [0.15, 0.2) is 23.0 Å². The Bertz CT molecular complexity index is 706. The molecular formula is C11H8F3N3O2. The summed E-state index contributed by atoms with van der Waals surface area (Å²) in [6, 6.07) is 3.11. The van der Waals surface area contributed by atoms with Crippen LogP contribution in [0, 0.1) is 0 Å². The van der Waals surface area contributed by atoms with Crippen LogP contribution in [-0.2, 0) is 11.0 Å². The molecule has 0 aromatic carbocycles. The van der Waals surface area contributed by atoms with Gasteiger partial charge in [-0.2, -0.15) is 13.2 Å². The maximum atomic E-state index is 12.5. The number of alkyl halides is 3. The van der Waals surface area contributed by atoms with Crippen molar-refractivity contribution >= 4 is 22.8 Å². The minimum atomic E-state index is -4.67. The van der Waals surface area contributed by atoms with Gasteiger partial charge in [-0.1, -0.05) is 0 Å². The molecule has 1 amide bonds. The quantitative estimate of drug-likeness (QED) is 0.831. The van der Waals surface area contributed by atoms with E-state index in [2.05, 4.69) is 10.3 Å². The first-order chi connectivity index (χ1) is 8.77. The molecule has 0 unspecified atom stereocenters. The number of carbonyl (C=O) groups is 1. The van der Waals surface area contributed by atoms with Crippen molar-refractivity contribution in [3.05, 3.63) is 34.1 Å². The standard InChI is InChI=1S/C11H8F3N3O2/c1-5(18)15-9-3-2-6-7(19)4-8(11(12,13)14)16-10(6)17-9/h2-4H,1H3,(H2,15,16,17,18,19). The van der Waals surface area contributed by atoms with E-state index in [1.807, 2.05) is 4.98 Å². The Morgan fingerprint density at radius 2 is 2.05 bits per heavy atom. The molecule has 0 atom stereocenters. The molecule has 2 heterocycles. The van der Waals surface area contributed by atoms with Gasteiger partial charge in [0.15, 0.2) is 5.43 Å². The summed E-state index contributed by atoms with van der Waals surface area (Å²) in [5.41, 5.74) is -2.20. The van der Waals surface area contributed by atoms with Crippen LogP contribution < -0.4 is 10.7 Å². The lowest BCUT2D eigenvalue weighted by Gasteiger charge is -2.08. The number of nitrogens with zero attached hydrogens (tertiary/aromatic N) is 1. The maximum absolute atomic E-state index is 12.5. The molecule has 0 saturated carbocycles. The summed E-state index contributed by atoms with van der Waals surface area (Å²) >= 11 is 0. The van der Waals surface area contributed by atoms with Gasteiger partial charge >= 0.3 is 6.18 Å². The van der Waals surface area contributed by atoms with Crippen LogP contribution in [0.2, 0.25) is 0 Å². The third-order valence-electron chi connectivity index (χ3n) is 2.30. The van der Waals surface area contributed by atoms with Gasteiger partial charge in [0.1, 0.15) is 17.2 Å². The summed E-state index contributed by atoms with van der Waals surface area (Å²) in [6.45, 7) is 1.24. The molecule has 19 heavy (non-hydrogen) atoms. The summed E-state index contributed by atoms with van der Waals surface area (Å²) in [5, 5.41) is 2.34. The van der Waals surface area contributed by atoms with Gasteiger partial charge in [-0.3, -0.25) is 9.59 Å². The van der Waals surface area contributed by atoms with Crippen LogP contribution in [0.5, 0.6) is 0 Å². The van der Waals surface area contributed by atoms with Crippen LogP contribution in [0.25, 0.3) is 11.0 Å². The number of pyridine rings is 2. The van der Waals surface area contributed by atoms with E-state index in [-0.39, 0.29) is 16.9 Å². The van der Waals surface area contributed by atoms with Crippen LogP contribution in [-0.4, -0.2) is 15.9 Å². The largest absolute Gasteiger partial charge is 0.431 e. The maximum Gasteiger partial charge on any atom is 0.431 e. The van der Waals surface area contributed by atoms with Crippen molar-refractivity contribution in [2.24, 2.45) is 0 Å². The molecule has 0 spiro atoms. The molecule has 2 rings (SSSR count). The second-order valence-electron chi connectivity index (χ2n) is 3.82.